The molecule has 8 heteroatoms. The predicted octanol–water partition coefficient (Wildman–Crippen LogP) is 3.04. The van der Waals surface area contributed by atoms with Gasteiger partial charge in [0.05, 0.1) is 17.7 Å². The maximum Gasteiger partial charge on any atom is 0.251 e. The van der Waals surface area contributed by atoms with Gasteiger partial charge in [0.1, 0.15) is 10.8 Å². The van der Waals surface area contributed by atoms with Gasteiger partial charge in [-0.1, -0.05) is 23.2 Å². The molecule has 4 bridgehead atoms. The van der Waals surface area contributed by atoms with Gasteiger partial charge in [0.15, 0.2) is 0 Å². The van der Waals surface area contributed by atoms with Crippen LogP contribution in [0.4, 0.5) is 0 Å². The second-order valence-corrected chi connectivity index (χ2v) is 8.63. The smallest absolute Gasteiger partial charge is 0.251 e. The zero-order valence-corrected chi connectivity index (χ0v) is 18.4. The molecule has 0 radical (unpaired) electrons. The Balaban J connectivity index is 1.67. The van der Waals surface area contributed by atoms with Crippen LogP contribution in [0, 0.1) is 0 Å². The molecule has 1 amide bonds. The van der Waals surface area contributed by atoms with E-state index >= 15 is 0 Å². The van der Waals surface area contributed by atoms with Gasteiger partial charge >= 0.3 is 0 Å². The van der Waals surface area contributed by atoms with E-state index in [0.29, 0.717) is 47.4 Å². The van der Waals surface area contributed by atoms with Gasteiger partial charge in [-0.25, -0.2) is 0 Å². The number of hydrogen-bond donors (Lipinski definition) is 2. The van der Waals surface area contributed by atoms with Gasteiger partial charge in [-0.2, -0.15) is 0 Å². The van der Waals surface area contributed by atoms with E-state index in [0.717, 1.165) is 58.5 Å². The summed E-state index contributed by atoms with van der Waals surface area (Å²) < 4.78 is 5.76. The first-order valence-corrected chi connectivity index (χ1v) is 11.3. The van der Waals surface area contributed by atoms with Crippen LogP contribution in [-0.4, -0.2) is 79.3 Å². The summed E-state index contributed by atoms with van der Waals surface area (Å²) in [5.74, 6) is 0.229. The van der Waals surface area contributed by atoms with E-state index in [9.17, 15) is 9.90 Å². The summed E-state index contributed by atoms with van der Waals surface area (Å²) in [7, 11) is 0. The number of carbonyl (C=O) groups is 1. The zero-order valence-electron chi connectivity index (χ0n) is 16.8. The quantitative estimate of drug-likeness (QED) is 0.644. The molecule has 1 saturated heterocycles. The largest absolute Gasteiger partial charge is 0.492 e. The Labute approximate surface area is 183 Å². The number of carbonyl (C=O) groups excluding carboxylic acids is 1. The van der Waals surface area contributed by atoms with Crippen LogP contribution in [0.1, 0.15) is 42.5 Å². The molecule has 29 heavy (non-hydrogen) atoms. The molecule has 0 aliphatic carbocycles. The molecule has 2 N–H and O–H groups in total. The number of amides is 1. The molecule has 1 aromatic rings. The van der Waals surface area contributed by atoms with Crippen LogP contribution in [0.25, 0.3) is 0 Å². The number of rotatable bonds is 0. The summed E-state index contributed by atoms with van der Waals surface area (Å²) in [6.07, 6.45) is 3.86. The van der Waals surface area contributed by atoms with Crippen molar-refractivity contribution in [1.29, 1.82) is 0 Å². The highest BCUT2D eigenvalue weighted by molar-refractivity contribution is 6.43. The van der Waals surface area contributed by atoms with E-state index < -0.39 is 0 Å². The van der Waals surface area contributed by atoms with Crippen molar-refractivity contribution in [2.75, 3.05) is 52.4 Å². The molecule has 162 valence electrons. The number of ether oxygens (including phenoxy) is 1. The Morgan fingerprint density at radius 3 is 2.48 bits per heavy atom. The minimum absolute atomic E-state index is 0.177. The SMILES string of the molecule is O=C1NCCCN2CCCN(CCC(O)CCCOc3cc1cc(Cl)c3Cl)CC2. The van der Waals surface area contributed by atoms with E-state index in [-0.39, 0.29) is 12.0 Å². The van der Waals surface area contributed by atoms with E-state index in [1.54, 1.807) is 12.1 Å². The average Bonchev–Trinajstić information content (AvgIpc) is 2.94. The van der Waals surface area contributed by atoms with Crippen molar-refractivity contribution in [3.05, 3.63) is 27.7 Å². The monoisotopic (exact) mass is 443 g/mol. The van der Waals surface area contributed by atoms with Crippen LogP contribution >= 0.6 is 23.2 Å². The summed E-state index contributed by atoms with van der Waals surface area (Å²) in [5, 5.41) is 13.9. The molecule has 2 aliphatic heterocycles. The van der Waals surface area contributed by atoms with Crippen molar-refractivity contribution in [3.63, 3.8) is 0 Å². The van der Waals surface area contributed by atoms with Crippen molar-refractivity contribution < 1.29 is 14.6 Å². The summed E-state index contributed by atoms with van der Waals surface area (Å²) in [5.41, 5.74) is 0.442. The standard InChI is InChI=1S/C21H31Cl2N3O3/c22-18-14-16-15-19(20(18)23)29-13-1-4-17(27)5-10-26-9-3-8-25(11-12-26)7-2-6-24-21(16)28/h14-15,17,27H,1-13H2,(H,24,28). The highest BCUT2D eigenvalue weighted by Crippen LogP contribution is 2.33. The highest BCUT2D eigenvalue weighted by atomic mass is 35.5. The van der Waals surface area contributed by atoms with Gasteiger partial charge in [0, 0.05) is 31.7 Å². The first kappa shape index (κ1) is 22.6. The van der Waals surface area contributed by atoms with Crippen molar-refractivity contribution in [3.8, 4) is 5.75 Å². The maximum atomic E-state index is 12.5. The number of nitrogens with one attached hydrogen (secondary N) is 1. The Kier molecular flexibility index (Phi) is 8.87. The summed E-state index contributed by atoms with van der Waals surface area (Å²) in [6.45, 7) is 7.15. The van der Waals surface area contributed by atoms with Crippen LogP contribution in [-0.2, 0) is 0 Å². The third-order valence-electron chi connectivity index (χ3n) is 5.59. The van der Waals surface area contributed by atoms with Crippen molar-refractivity contribution in [2.24, 2.45) is 0 Å². The van der Waals surface area contributed by atoms with Crippen LogP contribution in [0.5, 0.6) is 5.75 Å². The first-order chi connectivity index (χ1) is 14.0. The molecule has 1 aromatic carbocycles. The van der Waals surface area contributed by atoms with E-state index in [1.165, 1.54) is 0 Å². The van der Waals surface area contributed by atoms with E-state index in [2.05, 4.69) is 15.1 Å². The number of benzene rings is 1. The van der Waals surface area contributed by atoms with Crippen LogP contribution in [0.15, 0.2) is 12.1 Å². The number of fused-ring (bicyclic) bond motifs is 5. The fraction of sp³-hybridized carbons (Fsp3) is 0.667. The molecular formula is C21H31Cl2N3O3. The fourth-order valence-electron chi connectivity index (χ4n) is 3.86. The third kappa shape index (κ3) is 7.00. The van der Waals surface area contributed by atoms with Gasteiger partial charge in [-0.05, 0) is 63.9 Å². The van der Waals surface area contributed by atoms with Crippen LogP contribution < -0.4 is 10.1 Å². The molecule has 3 atom stereocenters. The molecule has 0 aromatic heterocycles. The minimum Gasteiger partial charge on any atom is -0.492 e. The molecule has 1 fully saturated rings. The molecule has 3 unspecified atom stereocenters. The third-order valence-corrected chi connectivity index (χ3v) is 6.38. The van der Waals surface area contributed by atoms with E-state index in [4.69, 9.17) is 27.9 Å². The summed E-state index contributed by atoms with van der Waals surface area (Å²) >= 11 is 12.4. The number of aliphatic hydroxyl groups is 1. The average molecular weight is 444 g/mol. The number of hydrogen-bond acceptors (Lipinski definition) is 5. The lowest BCUT2D eigenvalue weighted by molar-refractivity contribution is 0.0951. The number of nitrogens with zero attached hydrogens (tertiary/aromatic N) is 2. The lowest BCUT2D eigenvalue weighted by Crippen LogP contribution is -2.34. The lowest BCUT2D eigenvalue weighted by atomic mass is 10.1. The second kappa shape index (κ2) is 11.4. The van der Waals surface area contributed by atoms with Crippen molar-refractivity contribution in [2.45, 2.75) is 38.2 Å². The Hall–Kier alpha value is -1.05. The number of halogens is 2. The molecule has 0 spiro atoms. The highest BCUT2D eigenvalue weighted by Gasteiger charge is 2.17. The first-order valence-electron chi connectivity index (χ1n) is 10.6. The summed E-state index contributed by atoms with van der Waals surface area (Å²) in [4.78, 5) is 17.4. The Bertz CT molecular complexity index is 689. The Morgan fingerprint density at radius 1 is 0.966 bits per heavy atom. The Morgan fingerprint density at radius 2 is 1.69 bits per heavy atom. The van der Waals surface area contributed by atoms with Gasteiger partial charge in [-0.15, -0.1) is 0 Å². The zero-order chi connectivity index (χ0) is 20.6. The molecule has 3 rings (SSSR count). The normalized spacial score (nSPS) is 27.7. The van der Waals surface area contributed by atoms with E-state index in [1.807, 2.05) is 0 Å². The van der Waals surface area contributed by atoms with Crippen molar-refractivity contribution in [1.82, 2.24) is 15.1 Å². The summed E-state index contributed by atoms with van der Waals surface area (Å²) in [6, 6.07) is 3.21. The topological polar surface area (TPSA) is 65.0 Å². The molecule has 2 aliphatic rings. The molecule has 2 heterocycles. The fourth-order valence-corrected chi connectivity index (χ4v) is 4.23. The minimum atomic E-state index is -0.337. The van der Waals surface area contributed by atoms with Gasteiger partial charge in [0.2, 0.25) is 0 Å². The molecule has 6 nitrogen and oxygen atoms in total. The molecule has 0 saturated carbocycles. The number of aliphatic hydroxyl groups excluding tert-OH is 1. The second-order valence-electron chi connectivity index (χ2n) is 7.85. The van der Waals surface area contributed by atoms with Gasteiger partial charge < -0.3 is 25.0 Å². The lowest BCUT2D eigenvalue weighted by Gasteiger charge is -2.22. The maximum absolute atomic E-state index is 12.5. The van der Waals surface area contributed by atoms with Crippen LogP contribution in [0.2, 0.25) is 10.0 Å². The van der Waals surface area contributed by atoms with Crippen molar-refractivity contribution >= 4 is 29.1 Å². The molecular weight excluding hydrogens is 413 g/mol. The van der Waals surface area contributed by atoms with Gasteiger partial charge in [-0.3, -0.25) is 4.79 Å². The van der Waals surface area contributed by atoms with Gasteiger partial charge in [0.25, 0.3) is 5.91 Å². The van der Waals surface area contributed by atoms with Crippen LogP contribution in [0.3, 0.4) is 0 Å². The predicted molar refractivity (Wildman–Crippen MR) is 116 cm³/mol.